The molecule has 0 bridgehead atoms. The third kappa shape index (κ3) is 4.71. The molecule has 8 nitrogen and oxygen atoms in total. The Kier molecular flexibility index (Phi) is 6.12. The van der Waals surface area contributed by atoms with E-state index in [-0.39, 0.29) is 27.3 Å². The molecule has 0 unspecified atom stereocenters. The summed E-state index contributed by atoms with van der Waals surface area (Å²) in [4.78, 5) is 28.5. The van der Waals surface area contributed by atoms with Gasteiger partial charge in [-0.3, -0.25) is 9.59 Å². The van der Waals surface area contributed by atoms with Crippen LogP contribution in [0, 0.1) is 5.82 Å². The van der Waals surface area contributed by atoms with Crippen molar-refractivity contribution >= 4 is 39.7 Å². The van der Waals surface area contributed by atoms with Crippen molar-refractivity contribution in [2.24, 2.45) is 0 Å². The molecule has 0 atom stereocenters. The van der Waals surface area contributed by atoms with Gasteiger partial charge in [0.25, 0.3) is 5.91 Å². The lowest BCUT2D eigenvalue weighted by molar-refractivity contribution is 0.0910. The van der Waals surface area contributed by atoms with Crippen LogP contribution in [-0.4, -0.2) is 41.2 Å². The van der Waals surface area contributed by atoms with Crippen LogP contribution in [0.3, 0.4) is 0 Å². The highest BCUT2D eigenvalue weighted by Crippen LogP contribution is 2.29. The van der Waals surface area contributed by atoms with Crippen LogP contribution in [0.25, 0.3) is 0 Å². The van der Waals surface area contributed by atoms with Crippen molar-refractivity contribution in [2.45, 2.75) is 6.04 Å². The van der Waals surface area contributed by atoms with Gasteiger partial charge in [0.2, 0.25) is 11.5 Å². The molecule has 2 heterocycles. The van der Waals surface area contributed by atoms with Gasteiger partial charge in [0.05, 0.1) is 6.04 Å². The van der Waals surface area contributed by atoms with E-state index in [1.54, 1.807) is 0 Å². The number of nitrogens with two attached hydrogens (primary N) is 1. The van der Waals surface area contributed by atoms with Gasteiger partial charge in [-0.25, -0.2) is 18.2 Å². The highest BCUT2D eigenvalue weighted by atomic mass is 32.1. The number of alkyl halides is 2. The molecule has 0 radical (unpaired) electrons. The summed E-state index contributed by atoms with van der Waals surface area (Å²) in [7, 11) is 0. The number of rotatable bonds is 8. The van der Waals surface area contributed by atoms with Crippen LogP contribution in [0.15, 0.2) is 34.9 Å². The van der Waals surface area contributed by atoms with E-state index in [4.69, 9.17) is 10.3 Å². The molecule has 3 aromatic rings. The Morgan fingerprint density at radius 1 is 1.21 bits per heavy atom. The van der Waals surface area contributed by atoms with Gasteiger partial charge < -0.3 is 20.9 Å². The van der Waals surface area contributed by atoms with E-state index in [2.05, 4.69) is 20.8 Å². The summed E-state index contributed by atoms with van der Waals surface area (Å²) in [5.74, 6) is -2.34. The highest BCUT2D eigenvalue weighted by Gasteiger charge is 2.24. The van der Waals surface area contributed by atoms with E-state index < -0.39 is 36.9 Å². The summed E-state index contributed by atoms with van der Waals surface area (Å²) in [6.07, 6.45) is 0. The number of nitrogens with zero attached hydrogens (tertiary/aromatic N) is 2. The van der Waals surface area contributed by atoms with E-state index in [1.165, 1.54) is 24.3 Å². The molecule has 0 saturated heterocycles. The Bertz CT molecular complexity index is 1020. The number of halogens is 3. The van der Waals surface area contributed by atoms with Crippen LogP contribution in [0.4, 0.5) is 29.8 Å². The molecule has 1 amide bonds. The van der Waals surface area contributed by atoms with Gasteiger partial charge in [-0.05, 0) is 24.3 Å². The summed E-state index contributed by atoms with van der Waals surface area (Å²) >= 11 is 0.919. The van der Waals surface area contributed by atoms with Crippen molar-refractivity contribution in [3.05, 3.63) is 52.5 Å². The predicted molar refractivity (Wildman–Crippen MR) is 99.3 cm³/mol. The average Bonchev–Trinajstić information content (AvgIpc) is 3.34. The summed E-state index contributed by atoms with van der Waals surface area (Å²) in [6.45, 7) is -2.18. The number of benzene rings is 1. The molecule has 12 heteroatoms. The fourth-order valence-electron chi connectivity index (χ4n) is 2.18. The fraction of sp³-hybridized carbons (Fsp3) is 0.176. The predicted octanol–water partition coefficient (Wildman–Crippen LogP) is 2.86. The number of aromatic nitrogens is 2. The van der Waals surface area contributed by atoms with Gasteiger partial charge in [0.1, 0.15) is 29.9 Å². The fourth-order valence-corrected chi connectivity index (χ4v) is 3.03. The van der Waals surface area contributed by atoms with Crippen LogP contribution in [0.2, 0.25) is 0 Å². The molecule has 0 aliphatic heterocycles. The van der Waals surface area contributed by atoms with Gasteiger partial charge in [0, 0.05) is 11.8 Å². The number of carbonyl (C=O) groups is 2. The monoisotopic (exact) mass is 425 g/mol. The first-order chi connectivity index (χ1) is 13.9. The highest BCUT2D eigenvalue weighted by molar-refractivity contribution is 7.18. The summed E-state index contributed by atoms with van der Waals surface area (Å²) in [6, 6.07) is 5.20. The third-order valence-electron chi connectivity index (χ3n) is 3.63. The van der Waals surface area contributed by atoms with Gasteiger partial charge in [-0.2, -0.15) is 0 Å². The van der Waals surface area contributed by atoms with Crippen molar-refractivity contribution < 1.29 is 27.3 Å². The molecule has 0 aliphatic rings. The summed E-state index contributed by atoms with van der Waals surface area (Å²) < 4.78 is 42.9. The molecule has 0 aliphatic carbocycles. The molecule has 152 valence electrons. The largest absolute Gasteiger partial charge is 0.382 e. The molecule has 0 saturated carbocycles. The smallest absolute Gasteiger partial charge is 0.273 e. The number of nitrogen functional groups attached to an aromatic ring is 1. The van der Waals surface area contributed by atoms with Crippen LogP contribution < -0.4 is 16.4 Å². The van der Waals surface area contributed by atoms with E-state index >= 15 is 0 Å². The number of anilines is 3. The number of ketones is 1. The van der Waals surface area contributed by atoms with E-state index in [1.807, 2.05) is 0 Å². The molecular formula is C17H14F3N5O3S. The van der Waals surface area contributed by atoms with E-state index in [0.717, 1.165) is 17.4 Å². The van der Waals surface area contributed by atoms with Gasteiger partial charge in [-0.1, -0.05) is 16.5 Å². The first-order valence-electron chi connectivity index (χ1n) is 8.14. The Hall–Kier alpha value is -3.41. The van der Waals surface area contributed by atoms with Crippen molar-refractivity contribution in [3.8, 4) is 0 Å². The normalized spacial score (nSPS) is 10.9. The molecular weight excluding hydrogens is 411 g/mol. The third-order valence-corrected chi connectivity index (χ3v) is 4.61. The van der Waals surface area contributed by atoms with Crippen LogP contribution in [-0.2, 0) is 0 Å². The molecule has 1 aromatic carbocycles. The van der Waals surface area contributed by atoms with Crippen molar-refractivity contribution in [1.82, 2.24) is 15.5 Å². The SMILES string of the molecule is Nc1nc(Nc2ccc(F)cc2)sc1C(=O)c1cc(C(=O)NC(CF)CF)no1. The second-order valence-corrected chi connectivity index (χ2v) is 6.75. The first kappa shape index (κ1) is 20.3. The van der Waals surface area contributed by atoms with Gasteiger partial charge >= 0.3 is 0 Å². The zero-order valence-electron chi connectivity index (χ0n) is 14.6. The van der Waals surface area contributed by atoms with Crippen LogP contribution >= 0.6 is 11.3 Å². The Morgan fingerprint density at radius 3 is 2.55 bits per heavy atom. The lowest BCUT2D eigenvalue weighted by Gasteiger charge is -2.08. The second kappa shape index (κ2) is 8.73. The molecule has 0 fully saturated rings. The van der Waals surface area contributed by atoms with Crippen molar-refractivity contribution in [3.63, 3.8) is 0 Å². The number of amides is 1. The number of thiazole rings is 1. The standard InChI is InChI=1S/C17H14F3N5O3S/c18-6-10(7-19)22-16(27)11-5-12(28-25-11)13(26)14-15(21)24-17(29-14)23-9-3-1-8(20)2-4-9/h1-5,10H,6-7,21H2,(H,22,27)(H,23,24). The van der Waals surface area contributed by atoms with Crippen molar-refractivity contribution in [2.75, 3.05) is 24.4 Å². The quantitative estimate of drug-likeness (QED) is 0.474. The van der Waals surface area contributed by atoms with Crippen LogP contribution in [0.5, 0.6) is 0 Å². The number of carbonyl (C=O) groups excluding carboxylic acids is 2. The second-order valence-electron chi connectivity index (χ2n) is 5.75. The topological polar surface area (TPSA) is 123 Å². The maximum atomic E-state index is 13.0. The lowest BCUT2D eigenvalue weighted by Crippen LogP contribution is -2.38. The maximum Gasteiger partial charge on any atom is 0.273 e. The number of hydrogen-bond acceptors (Lipinski definition) is 8. The number of hydrogen-bond donors (Lipinski definition) is 3. The zero-order valence-corrected chi connectivity index (χ0v) is 15.4. The minimum absolute atomic E-state index is 0.0307. The molecule has 3 rings (SSSR count). The van der Waals surface area contributed by atoms with Gasteiger partial charge in [0.15, 0.2) is 10.8 Å². The Morgan fingerprint density at radius 2 is 1.90 bits per heavy atom. The molecule has 4 N–H and O–H groups in total. The zero-order chi connectivity index (χ0) is 21.0. The lowest BCUT2D eigenvalue weighted by atomic mass is 10.2. The minimum atomic E-state index is -1.31. The van der Waals surface area contributed by atoms with E-state index in [9.17, 15) is 22.8 Å². The Labute approximate surface area is 165 Å². The molecule has 0 spiro atoms. The Balaban J connectivity index is 1.74. The summed E-state index contributed by atoms with van der Waals surface area (Å²) in [5, 5.41) is 8.68. The van der Waals surface area contributed by atoms with Gasteiger partial charge in [-0.15, -0.1) is 0 Å². The maximum absolute atomic E-state index is 13.0. The van der Waals surface area contributed by atoms with Crippen LogP contribution in [0.1, 0.15) is 25.9 Å². The minimum Gasteiger partial charge on any atom is -0.382 e. The molecule has 29 heavy (non-hydrogen) atoms. The number of nitrogens with one attached hydrogen (secondary N) is 2. The average molecular weight is 425 g/mol. The molecule has 2 aromatic heterocycles. The first-order valence-corrected chi connectivity index (χ1v) is 8.96. The van der Waals surface area contributed by atoms with E-state index in [0.29, 0.717) is 5.69 Å². The summed E-state index contributed by atoms with van der Waals surface area (Å²) in [5.41, 5.74) is 6.00. The van der Waals surface area contributed by atoms with Crippen molar-refractivity contribution in [1.29, 1.82) is 0 Å².